The zero-order valence-corrected chi connectivity index (χ0v) is 11.3. The Morgan fingerprint density at radius 3 is 2.76 bits per heavy atom. The van der Waals surface area contributed by atoms with Crippen LogP contribution in [0.1, 0.15) is 17.4 Å². The maximum atomic E-state index is 9.93. The van der Waals surface area contributed by atoms with E-state index in [1.807, 2.05) is 30.3 Å². The van der Waals surface area contributed by atoms with Crippen LogP contribution in [-0.4, -0.2) is 20.4 Å². The first-order valence-electron chi connectivity index (χ1n) is 5.05. The molecule has 1 aromatic heterocycles. The molecule has 0 spiro atoms. The molecule has 6 heteroatoms. The Hall–Kier alpha value is -0.620. The predicted octanol–water partition coefficient (Wildman–Crippen LogP) is 3.16. The molecule has 2 rings (SSSR count). The average Bonchev–Trinajstić information content (AvgIpc) is 2.76. The Labute approximate surface area is 113 Å². The quantitative estimate of drug-likeness (QED) is 0.917. The van der Waals surface area contributed by atoms with Crippen molar-refractivity contribution in [2.45, 2.75) is 11.9 Å². The van der Waals surface area contributed by atoms with E-state index in [0.717, 1.165) is 11.3 Å². The van der Waals surface area contributed by atoms with Crippen LogP contribution in [0.3, 0.4) is 0 Å². The smallest absolute Gasteiger partial charge is 0.138 e. The van der Waals surface area contributed by atoms with Gasteiger partial charge in [-0.05, 0) is 5.56 Å². The minimum Gasteiger partial charge on any atom is -0.388 e. The van der Waals surface area contributed by atoms with Gasteiger partial charge >= 0.3 is 0 Å². The third-order valence-electron chi connectivity index (χ3n) is 2.21. The number of halogens is 1. The van der Waals surface area contributed by atoms with Crippen molar-refractivity contribution in [2.24, 2.45) is 0 Å². The molecule has 0 aliphatic rings. The standard InChI is InChI=1S/C11H11ClN2OS2/c12-11-9(13-14-17-11)6-16-7-10(15)8-4-2-1-3-5-8/h1-5,10,15H,6-7H2. The first-order valence-corrected chi connectivity index (χ1v) is 7.35. The number of benzene rings is 1. The number of hydrogen-bond acceptors (Lipinski definition) is 5. The summed E-state index contributed by atoms with van der Waals surface area (Å²) in [5.74, 6) is 1.30. The summed E-state index contributed by atoms with van der Waals surface area (Å²) in [5.41, 5.74) is 1.73. The molecular weight excluding hydrogens is 276 g/mol. The summed E-state index contributed by atoms with van der Waals surface area (Å²) < 4.78 is 4.39. The van der Waals surface area contributed by atoms with Crippen LogP contribution in [0.5, 0.6) is 0 Å². The average molecular weight is 287 g/mol. The highest BCUT2D eigenvalue weighted by atomic mass is 35.5. The van der Waals surface area contributed by atoms with E-state index in [1.165, 1.54) is 11.5 Å². The summed E-state index contributed by atoms with van der Waals surface area (Å²) in [6.45, 7) is 0. The van der Waals surface area contributed by atoms with Crippen LogP contribution in [0, 0.1) is 0 Å². The molecule has 1 unspecified atom stereocenters. The Morgan fingerprint density at radius 1 is 1.35 bits per heavy atom. The molecule has 0 saturated carbocycles. The van der Waals surface area contributed by atoms with Gasteiger partial charge in [0.2, 0.25) is 0 Å². The lowest BCUT2D eigenvalue weighted by Crippen LogP contribution is -2.00. The second-order valence-electron chi connectivity index (χ2n) is 3.43. The molecule has 0 aliphatic heterocycles. The molecule has 1 N–H and O–H groups in total. The normalized spacial score (nSPS) is 12.6. The van der Waals surface area contributed by atoms with Crippen molar-refractivity contribution < 1.29 is 5.11 Å². The van der Waals surface area contributed by atoms with E-state index < -0.39 is 6.10 Å². The van der Waals surface area contributed by atoms with Gasteiger partial charge in [0, 0.05) is 23.0 Å². The van der Waals surface area contributed by atoms with Gasteiger partial charge in [0.1, 0.15) is 10.0 Å². The van der Waals surface area contributed by atoms with Gasteiger partial charge in [-0.2, -0.15) is 11.8 Å². The molecule has 0 aliphatic carbocycles. The monoisotopic (exact) mass is 286 g/mol. The number of aromatic nitrogens is 2. The molecular formula is C11H11ClN2OS2. The van der Waals surface area contributed by atoms with Crippen LogP contribution in [-0.2, 0) is 5.75 Å². The second kappa shape index (κ2) is 6.35. The number of rotatable bonds is 5. The van der Waals surface area contributed by atoms with Gasteiger partial charge < -0.3 is 5.11 Å². The second-order valence-corrected chi connectivity index (χ2v) is 5.82. The number of aliphatic hydroxyl groups excluding tert-OH is 1. The zero-order chi connectivity index (χ0) is 12.1. The van der Waals surface area contributed by atoms with Crippen LogP contribution < -0.4 is 0 Å². The predicted molar refractivity (Wildman–Crippen MR) is 72.5 cm³/mol. The van der Waals surface area contributed by atoms with E-state index in [-0.39, 0.29) is 0 Å². The van der Waals surface area contributed by atoms with Crippen LogP contribution in [0.25, 0.3) is 0 Å². The lowest BCUT2D eigenvalue weighted by Gasteiger charge is -2.09. The molecule has 0 bridgehead atoms. The van der Waals surface area contributed by atoms with Gasteiger partial charge in [0.25, 0.3) is 0 Å². The number of aliphatic hydroxyl groups is 1. The van der Waals surface area contributed by atoms with Gasteiger partial charge in [0.15, 0.2) is 0 Å². The first-order chi connectivity index (χ1) is 8.27. The molecule has 0 fully saturated rings. The minimum absolute atomic E-state index is 0.452. The summed E-state index contributed by atoms with van der Waals surface area (Å²) in [6, 6.07) is 9.62. The van der Waals surface area contributed by atoms with Crippen molar-refractivity contribution in [3.05, 3.63) is 45.9 Å². The molecule has 0 radical (unpaired) electrons. The summed E-state index contributed by atoms with van der Waals surface area (Å²) in [4.78, 5) is 0. The maximum Gasteiger partial charge on any atom is 0.138 e. The van der Waals surface area contributed by atoms with Crippen molar-refractivity contribution in [3.8, 4) is 0 Å². The number of hydrogen-bond donors (Lipinski definition) is 1. The van der Waals surface area contributed by atoms with Crippen molar-refractivity contribution in [3.63, 3.8) is 0 Å². The van der Waals surface area contributed by atoms with E-state index in [9.17, 15) is 5.11 Å². The molecule has 0 amide bonds. The molecule has 17 heavy (non-hydrogen) atoms. The summed E-state index contributed by atoms with van der Waals surface area (Å²) in [6.07, 6.45) is -0.452. The minimum atomic E-state index is -0.452. The Balaban J connectivity index is 1.81. The molecule has 1 aromatic carbocycles. The Morgan fingerprint density at radius 2 is 2.12 bits per heavy atom. The van der Waals surface area contributed by atoms with Gasteiger partial charge in [-0.1, -0.05) is 46.4 Å². The fourth-order valence-corrected chi connectivity index (χ4v) is 3.05. The fraction of sp³-hybridized carbons (Fsp3) is 0.273. The fourth-order valence-electron chi connectivity index (χ4n) is 1.32. The largest absolute Gasteiger partial charge is 0.388 e. The third-order valence-corrected chi connectivity index (χ3v) is 4.22. The molecule has 90 valence electrons. The van der Waals surface area contributed by atoms with Crippen LogP contribution in [0.15, 0.2) is 30.3 Å². The molecule has 1 atom stereocenters. The van der Waals surface area contributed by atoms with Crippen LogP contribution in [0.4, 0.5) is 0 Å². The summed E-state index contributed by atoms with van der Waals surface area (Å²) in [7, 11) is 0. The summed E-state index contributed by atoms with van der Waals surface area (Å²) >= 11 is 8.68. The van der Waals surface area contributed by atoms with Gasteiger partial charge in [-0.25, -0.2) is 0 Å². The van der Waals surface area contributed by atoms with Crippen LogP contribution >= 0.6 is 34.9 Å². The van der Waals surface area contributed by atoms with Crippen LogP contribution in [0.2, 0.25) is 4.34 Å². The summed E-state index contributed by atoms with van der Waals surface area (Å²) in [5, 5.41) is 13.9. The Bertz CT molecular complexity index is 464. The molecule has 3 nitrogen and oxygen atoms in total. The highest BCUT2D eigenvalue weighted by Crippen LogP contribution is 2.25. The van der Waals surface area contributed by atoms with E-state index in [0.29, 0.717) is 15.8 Å². The van der Waals surface area contributed by atoms with E-state index in [2.05, 4.69) is 9.59 Å². The number of thioether (sulfide) groups is 1. The molecule has 0 saturated heterocycles. The maximum absolute atomic E-state index is 9.93. The van der Waals surface area contributed by atoms with Crippen molar-refractivity contribution in [1.82, 2.24) is 9.59 Å². The van der Waals surface area contributed by atoms with Gasteiger partial charge in [0.05, 0.1) is 6.10 Å². The molecule has 1 heterocycles. The highest BCUT2D eigenvalue weighted by molar-refractivity contribution is 7.98. The topological polar surface area (TPSA) is 46.0 Å². The first kappa shape index (κ1) is 12.8. The highest BCUT2D eigenvalue weighted by Gasteiger charge is 2.09. The van der Waals surface area contributed by atoms with Gasteiger partial charge in [-0.15, -0.1) is 5.10 Å². The number of nitrogens with zero attached hydrogens (tertiary/aromatic N) is 2. The van der Waals surface area contributed by atoms with E-state index in [4.69, 9.17) is 11.6 Å². The van der Waals surface area contributed by atoms with E-state index >= 15 is 0 Å². The van der Waals surface area contributed by atoms with Crippen molar-refractivity contribution >= 4 is 34.9 Å². The van der Waals surface area contributed by atoms with E-state index in [1.54, 1.807) is 11.8 Å². The lowest BCUT2D eigenvalue weighted by atomic mass is 10.1. The SMILES string of the molecule is OC(CSCc1nnsc1Cl)c1ccccc1. The zero-order valence-electron chi connectivity index (χ0n) is 8.91. The molecule has 2 aromatic rings. The van der Waals surface area contributed by atoms with Gasteiger partial charge in [-0.3, -0.25) is 0 Å². The lowest BCUT2D eigenvalue weighted by molar-refractivity contribution is 0.204. The third kappa shape index (κ3) is 3.67. The Kier molecular flexibility index (Phi) is 4.79. The van der Waals surface area contributed by atoms with Crippen molar-refractivity contribution in [1.29, 1.82) is 0 Å². The van der Waals surface area contributed by atoms with Crippen molar-refractivity contribution in [2.75, 3.05) is 5.75 Å².